The monoisotopic (exact) mass is 386 g/mol. The molecular weight excluding hydrogens is 354 g/mol. The normalized spacial score (nSPS) is 22.7. The predicted octanol–water partition coefficient (Wildman–Crippen LogP) is 5.13. The molecule has 3 aromatic rings. The SMILES string of the molecule is C[N+](C)(C)[C@@H](c1ccccc1)[C@@H]1CCc2ccccc2[C@@]1(O)Cc1ccccc1. The van der Waals surface area contributed by atoms with E-state index in [-0.39, 0.29) is 12.0 Å². The van der Waals surface area contributed by atoms with E-state index in [1.54, 1.807) is 0 Å². The van der Waals surface area contributed by atoms with Crippen LogP contribution in [0.4, 0.5) is 0 Å². The fourth-order valence-corrected chi connectivity index (χ4v) is 5.33. The summed E-state index contributed by atoms with van der Waals surface area (Å²) in [5.41, 5.74) is 3.98. The van der Waals surface area contributed by atoms with Crippen LogP contribution in [0, 0.1) is 5.92 Å². The Balaban J connectivity index is 1.86. The molecule has 0 fully saturated rings. The summed E-state index contributed by atoms with van der Waals surface area (Å²) < 4.78 is 0.786. The molecule has 29 heavy (non-hydrogen) atoms. The van der Waals surface area contributed by atoms with Crippen molar-refractivity contribution in [2.75, 3.05) is 21.1 Å². The standard InChI is InChI=1S/C27H32NO/c1-28(2,3)26(23-15-8-5-9-16-23)25-19-18-22-14-10-11-17-24(22)27(25,29)20-21-12-6-4-7-13-21/h4-17,25-26,29H,18-20H2,1-3H3/q+1/t25-,26-,27-/m0/s1. The highest BCUT2D eigenvalue weighted by atomic mass is 16.3. The molecular formula is C27H32NO+. The van der Waals surface area contributed by atoms with Gasteiger partial charge in [0.2, 0.25) is 0 Å². The third kappa shape index (κ3) is 3.88. The number of nitrogens with zero attached hydrogens (tertiary/aromatic N) is 1. The van der Waals surface area contributed by atoms with Crippen LogP contribution in [0.2, 0.25) is 0 Å². The van der Waals surface area contributed by atoms with Crippen molar-refractivity contribution in [2.45, 2.75) is 30.9 Å². The molecule has 4 rings (SSSR count). The van der Waals surface area contributed by atoms with E-state index in [2.05, 4.69) is 100 Å². The van der Waals surface area contributed by atoms with Crippen LogP contribution in [0.5, 0.6) is 0 Å². The molecule has 0 radical (unpaired) electrons. The molecule has 0 heterocycles. The van der Waals surface area contributed by atoms with E-state index in [9.17, 15) is 5.11 Å². The molecule has 3 aromatic carbocycles. The minimum atomic E-state index is -0.901. The maximum absolute atomic E-state index is 12.4. The van der Waals surface area contributed by atoms with Gasteiger partial charge in [0.1, 0.15) is 11.6 Å². The highest BCUT2D eigenvalue weighted by Gasteiger charge is 2.50. The lowest BCUT2D eigenvalue weighted by atomic mass is 9.64. The van der Waals surface area contributed by atoms with Crippen LogP contribution in [0.25, 0.3) is 0 Å². The minimum absolute atomic E-state index is 0.125. The Morgan fingerprint density at radius 2 is 1.45 bits per heavy atom. The lowest BCUT2D eigenvalue weighted by molar-refractivity contribution is -0.908. The second kappa shape index (κ2) is 7.78. The smallest absolute Gasteiger partial charge is 0.120 e. The molecule has 150 valence electrons. The van der Waals surface area contributed by atoms with Gasteiger partial charge in [-0.1, -0.05) is 84.9 Å². The summed E-state index contributed by atoms with van der Waals surface area (Å²) >= 11 is 0. The first-order valence-corrected chi connectivity index (χ1v) is 10.6. The largest absolute Gasteiger partial charge is 0.384 e. The molecule has 0 saturated heterocycles. The van der Waals surface area contributed by atoms with Gasteiger partial charge in [0, 0.05) is 17.9 Å². The lowest BCUT2D eigenvalue weighted by Gasteiger charge is -2.49. The number of aryl methyl sites for hydroxylation is 1. The van der Waals surface area contributed by atoms with E-state index in [1.165, 1.54) is 16.7 Å². The van der Waals surface area contributed by atoms with Gasteiger partial charge in [-0.3, -0.25) is 0 Å². The number of hydrogen-bond donors (Lipinski definition) is 1. The van der Waals surface area contributed by atoms with Gasteiger partial charge >= 0.3 is 0 Å². The fraction of sp³-hybridized carbons (Fsp3) is 0.333. The number of fused-ring (bicyclic) bond motifs is 1. The number of benzene rings is 3. The number of quaternary nitrogens is 1. The van der Waals surface area contributed by atoms with Crippen LogP contribution in [-0.4, -0.2) is 30.7 Å². The zero-order valence-electron chi connectivity index (χ0n) is 17.8. The van der Waals surface area contributed by atoms with Crippen molar-refractivity contribution < 1.29 is 9.59 Å². The first kappa shape index (κ1) is 19.9. The summed E-state index contributed by atoms with van der Waals surface area (Å²) in [4.78, 5) is 0. The van der Waals surface area contributed by atoms with Crippen LogP contribution in [0.1, 0.15) is 34.7 Å². The van der Waals surface area contributed by atoms with E-state index < -0.39 is 5.60 Å². The van der Waals surface area contributed by atoms with Gasteiger partial charge in [-0.25, -0.2) is 0 Å². The molecule has 0 spiro atoms. The molecule has 1 aliphatic carbocycles. The summed E-state index contributed by atoms with van der Waals surface area (Å²) in [6, 6.07) is 29.9. The van der Waals surface area contributed by atoms with Crippen molar-refractivity contribution in [3.05, 3.63) is 107 Å². The van der Waals surface area contributed by atoms with Gasteiger partial charge < -0.3 is 9.59 Å². The summed E-state index contributed by atoms with van der Waals surface area (Å²) in [6.07, 6.45) is 2.63. The van der Waals surface area contributed by atoms with Crippen molar-refractivity contribution in [2.24, 2.45) is 5.92 Å². The molecule has 2 heteroatoms. The quantitative estimate of drug-likeness (QED) is 0.603. The van der Waals surface area contributed by atoms with E-state index in [0.29, 0.717) is 6.42 Å². The van der Waals surface area contributed by atoms with E-state index >= 15 is 0 Å². The first-order chi connectivity index (χ1) is 13.9. The second-order valence-electron chi connectivity index (χ2n) is 9.36. The lowest BCUT2D eigenvalue weighted by Crippen LogP contribution is -2.52. The third-order valence-corrected chi connectivity index (χ3v) is 6.50. The maximum Gasteiger partial charge on any atom is 0.120 e. The van der Waals surface area contributed by atoms with Crippen LogP contribution >= 0.6 is 0 Å². The summed E-state index contributed by atoms with van der Waals surface area (Å²) in [6.45, 7) is 0. The number of hydrogen-bond acceptors (Lipinski definition) is 1. The highest BCUT2D eigenvalue weighted by molar-refractivity contribution is 5.39. The molecule has 0 aromatic heterocycles. The van der Waals surface area contributed by atoms with Crippen molar-refractivity contribution in [1.82, 2.24) is 0 Å². The summed E-state index contributed by atoms with van der Waals surface area (Å²) in [7, 11) is 6.75. The summed E-state index contributed by atoms with van der Waals surface area (Å²) in [5, 5.41) is 12.4. The maximum atomic E-state index is 12.4. The van der Waals surface area contributed by atoms with Crippen molar-refractivity contribution in [1.29, 1.82) is 0 Å². The molecule has 1 N–H and O–H groups in total. The summed E-state index contributed by atoms with van der Waals surface area (Å²) in [5.74, 6) is 0.125. The number of aliphatic hydroxyl groups is 1. The van der Waals surface area contributed by atoms with Crippen LogP contribution in [0.3, 0.4) is 0 Å². The van der Waals surface area contributed by atoms with E-state index in [0.717, 1.165) is 22.9 Å². The molecule has 0 bridgehead atoms. The molecule has 0 saturated carbocycles. The highest BCUT2D eigenvalue weighted by Crippen LogP contribution is 2.50. The van der Waals surface area contributed by atoms with E-state index in [1.807, 2.05) is 6.07 Å². The van der Waals surface area contributed by atoms with Gasteiger partial charge in [0.05, 0.1) is 21.1 Å². The van der Waals surface area contributed by atoms with Gasteiger partial charge in [-0.05, 0) is 29.5 Å². The van der Waals surface area contributed by atoms with Crippen LogP contribution in [-0.2, 0) is 18.4 Å². The Morgan fingerprint density at radius 1 is 0.862 bits per heavy atom. The Kier molecular flexibility index (Phi) is 5.33. The number of rotatable bonds is 5. The van der Waals surface area contributed by atoms with E-state index in [4.69, 9.17) is 0 Å². The average molecular weight is 387 g/mol. The van der Waals surface area contributed by atoms with Gasteiger partial charge in [0.25, 0.3) is 0 Å². The predicted molar refractivity (Wildman–Crippen MR) is 120 cm³/mol. The molecule has 0 amide bonds. The second-order valence-corrected chi connectivity index (χ2v) is 9.36. The Hall–Kier alpha value is -2.42. The zero-order valence-corrected chi connectivity index (χ0v) is 17.8. The topological polar surface area (TPSA) is 20.2 Å². The first-order valence-electron chi connectivity index (χ1n) is 10.6. The molecule has 0 unspecified atom stereocenters. The minimum Gasteiger partial charge on any atom is -0.384 e. The van der Waals surface area contributed by atoms with Crippen molar-refractivity contribution >= 4 is 0 Å². The molecule has 0 aliphatic heterocycles. The van der Waals surface area contributed by atoms with Gasteiger partial charge in [-0.2, -0.15) is 0 Å². The molecule has 1 aliphatic rings. The van der Waals surface area contributed by atoms with Gasteiger partial charge in [0.15, 0.2) is 0 Å². The molecule has 3 atom stereocenters. The zero-order chi connectivity index (χ0) is 20.5. The fourth-order valence-electron chi connectivity index (χ4n) is 5.33. The van der Waals surface area contributed by atoms with Crippen molar-refractivity contribution in [3.8, 4) is 0 Å². The Morgan fingerprint density at radius 3 is 2.10 bits per heavy atom. The van der Waals surface area contributed by atoms with Gasteiger partial charge in [-0.15, -0.1) is 0 Å². The average Bonchev–Trinajstić information content (AvgIpc) is 2.71. The third-order valence-electron chi connectivity index (χ3n) is 6.50. The van der Waals surface area contributed by atoms with Crippen molar-refractivity contribution in [3.63, 3.8) is 0 Å². The Bertz CT molecular complexity index is 945. The van der Waals surface area contributed by atoms with Crippen LogP contribution < -0.4 is 0 Å². The van der Waals surface area contributed by atoms with Crippen LogP contribution in [0.15, 0.2) is 84.9 Å². The Labute approximate surface area is 175 Å². The molecule has 2 nitrogen and oxygen atoms in total.